The maximum absolute atomic E-state index is 12.1. The van der Waals surface area contributed by atoms with Gasteiger partial charge < -0.3 is 9.72 Å². The summed E-state index contributed by atoms with van der Waals surface area (Å²) in [7, 11) is 0. The summed E-state index contributed by atoms with van der Waals surface area (Å²) in [6.07, 6.45) is 0. The Morgan fingerprint density at radius 3 is 2.42 bits per heavy atom. The Labute approximate surface area is 121 Å². The van der Waals surface area contributed by atoms with Crippen molar-refractivity contribution < 1.29 is 9.53 Å². The molecule has 0 aliphatic heterocycles. The molecule has 0 radical (unpaired) electrons. The average molecular weight is 322 g/mol. The molecule has 4 heteroatoms. The van der Waals surface area contributed by atoms with Gasteiger partial charge in [-0.25, -0.2) is 4.79 Å². The van der Waals surface area contributed by atoms with Crippen molar-refractivity contribution >= 4 is 21.9 Å². The molecule has 1 aromatic heterocycles. The van der Waals surface area contributed by atoms with Gasteiger partial charge in [-0.3, -0.25) is 0 Å². The fourth-order valence-electron chi connectivity index (χ4n) is 2.22. The van der Waals surface area contributed by atoms with Crippen molar-refractivity contribution in [2.75, 3.05) is 6.61 Å². The number of aromatic amines is 1. The van der Waals surface area contributed by atoms with Crippen LogP contribution in [0.4, 0.5) is 0 Å². The first-order chi connectivity index (χ1) is 9.04. The topological polar surface area (TPSA) is 42.1 Å². The van der Waals surface area contributed by atoms with E-state index in [1.54, 1.807) is 0 Å². The summed E-state index contributed by atoms with van der Waals surface area (Å²) < 4.78 is 6.15. The zero-order valence-corrected chi connectivity index (χ0v) is 12.8. The van der Waals surface area contributed by atoms with Crippen LogP contribution in [0.2, 0.25) is 0 Å². The van der Waals surface area contributed by atoms with Gasteiger partial charge in [-0.05, 0) is 38.5 Å². The standard InChI is InChI=1S/C15H16BrNO2/c1-4-19-15(18)14-10(3)17-9(2)13(14)11-5-7-12(16)8-6-11/h5-8,17H,4H2,1-3H3. The highest BCUT2D eigenvalue weighted by atomic mass is 79.9. The van der Waals surface area contributed by atoms with E-state index in [1.165, 1.54) is 0 Å². The lowest BCUT2D eigenvalue weighted by Gasteiger charge is -2.06. The highest BCUT2D eigenvalue weighted by molar-refractivity contribution is 9.10. The van der Waals surface area contributed by atoms with Crippen LogP contribution in [-0.2, 0) is 4.74 Å². The predicted octanol–water partition coefficient (Wildman–Crippen LogP) is 4.24. The molecule has 0 saturated heterocycles. The van der Waals surface area contributed by atoms with E-state index in [-0.39, 0.29) is 5.97 Å². The zero-order chi connectivity index (χ0) is 14.0. The predicted molar refractivity (Wildman–Crippen MR) is 79.4 cm³/mol. The van der Waals surface area contributed by atoms with Gasteiger partial charge in [0, 0.05) is 21.4 Å². The molecule has 0 bridgehead atoms. The van der Waals surface area contributed by atoms with Crippen molar-refractivity contribution in [2.24, 2.45) is 0 Å². The fraction of sp³-hybridized carbons (Fsp3) is 0.267. The molecule has 0 amide bonds. The number of aryl methyl sites for hydroxylation is 2. The molecule has 2 aromatic rings. The van der Waals surface area contributed by atoms with E-state index < -0.39 is 0 Å². The van der Waals surface area contributed by atoms with Crippen LogP contribution < -0.4 is 0 Å². The lowest BCUT2D eigenvalue weighted by molar-refractivity contribution is 0.0526. The van der Waals surface area contributed by atoms with E-state index >= 15 is 0 Å². The Morgan fingerprint density at radius 1 is 1.21 bits per heavy atom. The van der Waals surface area contributed by atoms with Gasteiger partial charge >= 0.3 is 5.97 Å². The van der Waals surface area contributed by atoms with E-state index in [4.69, 9.17) is 4.74 Å². The average Bonchev–Trinajstić information content (AvgIpc) is 2.65. The van der Waals surface area contributed by atoms with Crippen molar-refractivity contribution in [1.29, 1.82) is 0 Å². The van der Waals surface area contributed by atoms with E-state index in [0.717, 1.165) is 27.0 Å². The van der Waals surface area contributed by atoms with Crippen molar-refractivity contribution in [3.63, 3.8) is 0 Å². The maximum Gasteiger partial charge on any atom is 0.340 e. The molecule has 1 heterocycles. The Kier molecular flexibility index (Phi) is 4.10. The smallest absolute Gasteiger partial charge is 0.340 e. The summed E-state index contributed by atoms with van der Waals surface area (Å²) in [6, 6.07) is 7.91. The third kappa shape index (κ3) is 2.73. The van der Waals surface area contributed by atoms with Crippen LogP contribution in [0.15, 0.2) is 28.7 Å². The molecular formula is C15H16BrNO2. The number of hydrogen-bond acceptors (Lipinski definition) is 2. The Hall–Kier alpha value is -1.55. The minimum Gasteiger partial charge on any atom is -0.462 e. The second-order valence-electron chi connectivity index (χ2n) is 4.35. The minimum atomic E-state index is -0.276. The van der Waals surface area contributed by atoms with Crippen molar-refractivity contribution in [2.45, 2.75) is 20.8 Å². The van der Waals surface area contributed by atoms with Gasteiger partial charge in [0.1, 0.15) is 0 Å². The molecule has 0 spiro atoms. The normalized spacial score (nSPS) is 10.5. The Morgan fingerprint density at radius 2 is 1.84 bits per heavy atom. The number of ether oxygens (including phenoxy) is 1. The van der Waals surface area contributed by atoms with Gasteiger partial charge in [0.05, 0.1) is 12.2 Å². The number of nitrogens with one attached hydrogen (secondary N) is 1. The number of aromatic nitrogens is 1. The molecule has 19 heavy (non-hydrogen) atoms. The van der Waals surface area contributed by atoms with Crippen LogP contribution >= 0.6 is 15.9 Å². The highest BCUT2D eigenvalue weighted by Crippen LogP contribution is 2.31. The summed E-state index contributed by atoms with van der Waals surface area (Å²) in [5.74, 6) is -0.276. The van der Waals surface area contributed by atoms with Crippen LogP contribution in [0.5, 0.6) is 0 Å². The minimum absolute atomic E-state index is 0.276. The third-order valence-electron chi connectivity index (χ3n) is 2.99. The molecule has 1 N–H and O–H groups in total. The third-order valence-corrected chi connectivity index (χ3v) is 3.52. The number of carbonyl (C=O) groups excluding carboxylic acids is 1. The van der Waals surface area contributed by atoms with Crippen molar-refractivity contribution in [1.82, 2.24) is 4.98 Å². The quantitative estimate of drug-likeness (QED) is 0.859. The summed E-state index contributed by atoms with van der Waals surface area (Å²) >= 11 is 3.41. The van der Waals surface area contributed by atoms with Gasteiger partial charge in [0.25, 0.3) is 0 Å². The molecule has 100 valence electrons. The molecular weight excluding hydrogens is 306 g/mol. The van der Waals surface area contributed by atoms with E-state index in [1.807, 2.05) is 45.0 Å². The first-order valence-corrected chi connectivity index (χ1v) is 6.96. The molecule has 0 aliphatic rings. The summed E-state index contributed by atoms with van der Waals surface area (Å²) in [5, 5.41) is 0. The largest absolute Gasteiger partial charge is 0.462 e. The lowest BCUT2D eigenvalue weighted by atomic mass is 10.0. The molecule has 0 saturated carbocycles. The van der Waals surface area contributed by atoms with Gasteiger partial charge in [-0.15, -0.1) is 0 Å². The van der Waals surface area contributed by atoms with Gasteiger partial charge in [-0.2, -0.15) is 0 Å². The second kappa shape index (κ2) is 5.61. The van der Waals surface area contributed by atoms with Gasteiger partial charge in [-0.1, -0.05) is 28.1 Å². The van der Waals surface area contributed by atoms with Crippen molar-refractivity contribution in [3.8, 4) is 11.1 Å². The lowest BCUT2D eigenvalue weighted by Crippen LogP contribution is -2.06. The molecule has 0 unspecified atom stereocenters. The van der Waals surface area contributed by atoms with Gasteiger partial charge in [0.2, 0.25) is 0 Å². The molecule has 1 aromatic carbocycles. The second-order valence-corrected chi connectivity index (χ2v) is 5.27. The number of H-pyrrole nitrogens is 1. The van der Waals surface area contributed by atoms with E-state index in [2.05, 4.69) is 20.9 Å². The van der Waals surface area contributed by atoms with Crippen molar-refractivity contribution in [3.05, 3.63) is 45.7 Å². The molecule has 3 nitrogen and oxygen atoms in total. The molecule has 0 fully saturated rings. The maximum atomic E-state index is 12.1. The number of esters is 1. The molecule has 0 atom stereocenters. The van der Waals surface area contributed by atoms with Gasteiger partial charge in [0.15, 0.2) is 0 Å². The van der Waals surface area contributed by atoms with E-state index in [9.17, 15) is 4.79 Å². The number of carbonyl (C=O) groups is 1. The van der Waals surface area contributed by atoms with Crippen LogP contribution in [0, 0.1) is 13.8 Å². The monoisotopic (exact) mass is 321 g/mol. The highest BCUT2D eigenvalue weighted by Gasteiger charge is 2.21. The number of benzene rings is 1. The Bertz CT molecular complexity index is 599. The SMILES string of the molecule is CCOC(=O)c1c(C)[nH]c(C)c1-c1ccc(Br)cc1. The summed E-state index contributed by atoms with van der Waals surface area (Å²) in [5.41, 5.74) is 4.37. The van der Waals surface area contributed by atoms with Crippen LogP contribution in [-0.4, -0.2) is 17.6 Å². The Balaban J connectivity index is 2.56. The zero-order valence-electron chi connectivity index (χ0n) is 11.2. The van der Waals surface area contributed by atoms with E-state index in [0.29, 0.717) is 12.2 Å². The first-order valence-electron chi connectivity index (χ1n) is 6.16. The number of rotatable bonds is 3. The number of halogens is 1. The first kappa shape index (κ1) is 13.9. The van der Waals surface area contributed by atoms with Crippen LogP contribution in [0.1, 0.15) is 28.7 Å². The van der Waals surface area contributed by atoms with Crippen LogP contribution in [0.3, 0.4) is 0 Å². The molecule has 0 aliphatic carbocycles. The fourth-order valence-corrected chi connectivity index (χ4v) is 2.48. The molecule has 2 rings (SSSR count). The summed E-state index contributed by atoms with van der Waals surface area (Å²) in [4.78, 5) is 15.3. The van der Waals surface area contributed by atoms with Crippen LogP contribution in [0.25, 0.3) is 11.1 Å². The number of hydrogen-bond donors (Lipinski definition) is 1. The summed E-state index contributed by atoms with van der Waals surface area (Å²) in [6.45, 7) is 6.04.